The Kier molecular flexibility index (Phi) is 3.55. The van der Waals surface area contributed by atoms with Gasteiger partial charge in [0, 0.05) is 0 Å². The van der Waals surface area contributed by atoms with Gasteiger partial charge in [-0.05, 0) is 53.7 Å². The minimum absolute atomic E-state index is 0.242. The summed E-state index contributed by atoms with van der Waals surface area (Å²) in [6.45, 7) is 9.93. The molecule has 1 aliphatic carbocycles. The highest BCUT2D eigenvalue weighted by atomic mass is 14.6. The second kappa shape index (κ2) is 4.70. The quantitative estimate of drug-likeness (QED) is 0.855. The third-order valence-electron chi connectivity index (χ3n) is 4.46. The van der Waals surface area contributed by atoms with Gasteiger partial charge in [-0.3, -0.25) is 0 Å². The molecule has 0 radical (unpaired) electrons. The minimum atomic E-state index is 0.242. The summed E-state index contributed by atoms with van der Waals surface area (Å²) in [5, 5.41) is 0. The molecule has 1 atom stereocenters. The van der Waals surface area contributed by atoms with Crippen molar-refractivity contribution in [3.05, 3.63) is 35.4 Å². The van der Waals surface area contributed by atoms with Crippen LogP contribution in [0.1, 0.15) is 51.7 Å². The van der Waals surface area contributed by atoms with Crippen LogP contribution in [-0.4, -0.2) is 6.54 Å². The molecule has 1 fully saturated rings. The second-order valence-electron chi connectivity index (χ2n) is 7.26. The number of benzene rings is 1. The zero-order chi connectivity index (χ0) is 13.4. The fraction of sp³-hybridized carbons (Fsp3) is 0.647. The van der Waals surface area contributed by atoms with E-state index in [-0.39, 0.29) is 5.41 Å². The Morgan fingerprint density at radius 1 is 1.06 bits per heavy atom. The molecule has 1 aromatic rings. The highest BCUT2D eigenvalue weighted by molar-refractivity contribution is 5.28. The van der Waals surface area contributed by atoms with Gasteiger partial charge in [-0.1, -0.05) is 52.0 Å². The molecule has 0 aromatic heterocycles. The molecule has 1 saturated carbocycles. The summed E-state index contributed by atoms with van der Waals surface area (Å²) in [5.41, 5.74) is 9.39. The van der Waals surface area contributed by atoms with Crippen LogP contribution in [0, 0.1) is 11.3 Å². The van der Waals surface area contributed by atoms with Gasteiger partial charge in [0.05, 0.1) is 0 Å². The molecule has 2 rings (SSSR count). The largest absolute Gasteiger partial charge is 0.330 e. The summed E-state index contributed by atoms with van der Waals surface area (Å²) < 4.78 is 0. The van der Waals surface area contributed by atoms with Gasteiger partial charge >= 0.3 is 0 Å². The van der Waals surface area contributed by atoms with Crippen molar-refractivity contribution in [2.75, 3.05) is 6.54 Å². The van der Waals surface area contributed by atoms with Crippen molar-refractivity contribution in [2.45, 2.75) is 52.4 Å². The van der Waals surface area contributed by atoms with E-state index in [1.165, 1.54) is 24.0 Å². The Labute approximate surface area is 112 Å². The molecule has 1 aromatic carbocycles. The lowest BCUT2D eigenvalue weighted by atomic mass is 9.78. The first kappa shape index (κ1) is 13.6. The van der Waals surface area contributed by atoms with E-state index >= 15 is 0 Å². The molecule has 0 bridgehead atoms. The molecular formula is C17H27N. The normalized spacial score (nSPS) is 19.6. The molecule has 0 spiro atoms. The molecule has 0 heterocycles. The molecule has 0 saturated heterocycles. The summed E-state index contributed by atoms with van der Waals surface area (Å²) >= 11 is 0. The number of hydrogen-bond donors (Lipinski definition) is 1. The van der Waals surface area contributed by atoms with Crippen LogP contribution in [0.3, 0.4) is 0 Å². The first-order valence-electron chi connectivity index (χ1n) is 7.15. The van der Waals surface area contributed by atoms with Gasteiger partial charge in [-0.25, -0.2) is 0 Å². The SMILES string of the molecule is CC(C)(C)c1ccc(CC(C)(CN)C2CC2)cc1. The topological polar surface area (TPSA) is 26.0 Å². The highest BCUT2D eigenvalue weighted by Crippen LogP contribution is 2.46. The van der Waals surface area contributed by atoms with Crippen molar-refractivity contribution in [2.24, 2.45) is 17.1 Å². The second-order valence-corrected chi connectivity index (χ2v) is 7.26. The number of rotatable bonds is 4. The van der Waals surface area contributed by atoms with Crippen molar-refractivity contribution in [1.29, 1.82) is 0 Å². The first-order valence-corrected chi connectivity index (χ1v) is 7.15. The lowest BCUT2D eigenvalue weighted by Crippen LogP contribution is -2.31. The first-order chi connectivity index (χ1) is 8.35. The van der Waals surface area contributed by atoms with Gasteiger partial charge in [-0.2, -0.15) is 0 Å². The monoisotopic (exact) mass is 245 g/mol. The molecule has 0 amide bonds. The summed E-state index contributed by atoms with van der Waals surface area (Å²) in [7, 11) is 0. The summed E-state index contributed by atoms with van der Waals surface area (Å²) in [6, 6.07) is 9.13. The van der Waals surface area contributed by atoms with E-state index in [0.29, 0.717) is 5.41 Å². The third kappa shape index (κ3) is 2.95. The highest BCUT2D eigenvalue weighted by Gasteiger charge is 2.40. The van der Waals surface area contributed by atoms with Crippen LogP contribution in [0.2, 0.25) is 0 Å². The van der Waals surface area contributed by atoms with Crippen molar-refractivity contribution in [3.63, 3.8) is 0 Å². The standard InChI is InChI=1S/C17H27N/c1-16(2,3)14-7-5-13(6-8-14)11-17(4,12-18)15-9-10-15/h5-8,15H,9-12,18H2,1-4H3. The van der Waals surface area contributed by atoms with Crippen LogP contribution in [0.25, 0.3) is 0 Å². The van der Waals surface area contributed by atoms with Gasteiger partial charge in [0.2, 0.25) is 0 Å². The van der Waals surface area contributed by atoms with Crippen LogP contribution in [-0.2, 0) is 11.8 Å². The van der Waals surface area contributed by atoms with Crippen LogP contribution in [0.4, 0.5) is 0 Å². The lowest BCUT2D eigenvalue weighted by molar-refractivity contribution is 0.282. The van der Waals surface area contributed by atoms with E-state index in [2.05, 4.69) is 52.0 Å². The average Bonchev–Trinajstić information content (AvgIpc) is 3.12. The Morgan fingerprint density at radius 2 is 1.61 bits per heavy atom. The lowest BCUT2D eigenvalue weighted by Gasteiger charge is -2.28. The third-order valence-corrected chi connectivity index (χ3v) is 4.46. The summed E-state index contributed by atoms with van der Waals surface area (Å²) in [5.74, 6) is 0.852. The Hall–Kier alpha value is -0.820. The molecule has 2 N–H and O–H groups in total. The van der Waals surface area contributed by atoms with E-state index in [1.54, 1.807) is 0 Å². The van der Waals surface area contributed by atoms with Gasteiger partial charge in [-0.15, -0.1) is 0 Å². The predicted molar refractivity (Wildman–Crippen MR) is 78.7 cm³/mol. The number of nitrogens with two attached hydrogens (primary N) is 1. The minimum Gasteiger partial charge on any atom is -0.330 e. The van der Waals surface area contributed by atoms with Crippen molar-refractivity contribution in [3.8, 4) is 0 Å². The maximum Gasteiger partial charge on any atom is -0.00173 e. The van der Waals surface area contributed by atoms with Crippen LogP contribution in [0.5, 0.6) is 0 Å². The fourth-order valence-corrected chi connectivity index (χ4v) is 2.75. The van der Waals surface area contributed by atoms with E-state index in [9.17, 15) is 0 Å². The zero-order valence-corrected chi connectivity index (χ0v) is 12.3. The molecule has 1 unspecified atom stereocenters. The van der Waals surface area contributed by atoms with E-state index in [4.69, 9.17) is 5.73 Å². The van der Waals surface area contributed by atoms with Gasteiger partial charge < -0.3 is 5.73 Å². The Balaban J connectivity index is 2.10. The van der Waals surface area contributed by atoms with E-state index in [1.807, 2.05) is 0 Å². The van der Waals surface area contributed by atoms with Gasteiger partial charge in [0.25, 0.3) is 0 Å². The maximum atomic E-state index is 5.99. The molecule has 0 aliphatic heterocycles. The Morgan fingerprint density at radius 3 is 2.00 bits per heavy atom. The molecular weight excluding hydrogens is 218 g/mol. The van der Waals surface area contributed by atoms with E-state index < -0.39 is 0 Å². The molecule has 1 aliphatic rings. The summed E-state index contributed by atoms with van der Waals surface area (Å²) in [4.78, 5) is 0. The summed E-state index contributed by atoms with van der Waals surface area (Å²) in [6.07, 6.45) is 3.86. The number of hydrogen-bond acceptors (Lipinski definition) is 1. The fourth-order valence-electron chi connectivity index (χ4n) is 2.75. The van der Waals surface area contributed by atoms with Gasteiger partial charge in [0.15, 0.2) is 0 Å². The van der Waals surface area contributed by atoms with Crippen molar-refractivity contribution in [1.82, 2.24) is 0 Å². The average molecular weight is 245 g/mol. The zero-order valence-electron chi connectivity index (χ0n) is 12.3. The van der Waals surface area contributed by atoms with Crippen molar-refractivity contribution < 1.29 is 0 Å². The van der Waals surface area contributed by atoms with E-state index in [0.717, 1.165) is 18.9 Å². The maximum absolute atomic E-state index is 5.99. The predicted octanol–water partition coefficient (Wildman–Crippen LogP) is 3.90. The molecule has 18 heavy (non-hydrogen) atoms. The molecule has 100 valence electrons. The van der Waals surface area contributed by atoms with Gasteiger partial charge in [0.1, 0.15) is 0 Å². The van der Waals surface area contributed by atoms with Crippen LogP contribution in [0.15, 0.2) is 24.3 Å². The smallest absolute Gasteiger partial charge is 0.00173 e. The van der Waals surface area contributed by atoms with Crippen LogP contribution < -0.4 is 5.73 Å². The molecule has 1 heteroatoms. The Bertz CT molecular complexity index is 395. The van der Waals surface area contributed by atoms with Crippen molar-refractivity contribution >= 4 is 0 Å². The van der Waals surface area contributed by atoms with Crippen LogP contribution >= 0.6 is 0 Å². The molecule has 1 nitrogen and oxygen atoms in total.